The van der Waals surface area contributed by atoms with Crippen LogP contribution in [0.1, 0.15) is 12.0 Å². The molecule has 0 unspecified atom stereocenters. The van der Waals surface area contributed by atoms with E-state index in [0.29, 0.717) is 6.42 Å². The van der Waals surface area contributed by atoms with Gasteiger partial charge in [-0.15, -0.1) is 11.8 Å². The molecular formula is C17H18N2O2S. The first kappa shape index (κ1) is 16.1. The first-order chi connectivity index (χ1) is 10.8. The van der Waals surface area contributed by atoms with Crippen molar-refractivity contribution in [1.29, 1.82) is 0 Å². The number of methoxy groups -OCH3 is 1. The van der Waals surface area contributed by atoms with E-state index in [1.807, 2.05) is 54.6 Å². The molecule has 0 saturated heterocycles. The van der Waals surface area contributed by atoms with Gasteiger partial charge >= 0.3 is 0 Å². The molecule has 2 aromatic carbocycles. The van der Waals surface area contributed by atoms with Crippen molar-refractivity contribution in [3.8, 4) is 5.75 Å². The zero-order chi connectivity index (χ0) is 15.6. The molecule has 1 N–H and O–H groups in total. The molecule has 5 heteroatoms. The van der Waals surface area contributed by atoms with E-state index < -0.39 is 0 Å². The summed E-state index contributed by atoms with van der Waals surface area (Å²) in [6, 6.07) is 17.5. The van der Waals surface area contributed by atoms with Crippen molar-refractivity contribution in [2.75, 3.05) is 12.9 Å². The average molecular weight is 314 g/mol. The number of para-hydroxylation sites is 1. The van der Waals surface area contributed by atoms with Gasteiger partial charge in [0.2, 0.25) is 5.91 Å². The maximum atomic E-state index is 11.7. The fourth-order valence-corrected chi connectivity index (χ4v) is 2.65. The van der Waals surface area contributed by atoms with Crippen LogP contribution in [-0.4, -0.2) is 25.0 Å². The van der Waals surface area contributed by atoms with Gasteiger partial charge in [-0.2, -0.15) is 5.10 Å². The van der Waals surface area contributed by atoms with Gasteiger partial charge < -0.3 is 4.74 Å². The van der Waals surface area contributed by atoms with Crippen molar-refractivity contribution in [2.45, 2.75) is 11.3 Å². The first-order valence-electron chi connectivity index (χ1n) is 6.92. The summed E-state index contributed by atoms with van der Waals surface area (Å²) < 4.78 is 5.21. The second-order valence-corrected chi connectivity index (χ2v) is 5.61. The normalized spacial score (nSPS) is 10.6. The number of ether oxygens (including phenoxy) is 1. The quantitative estimate of drug-likeness (QED) is 0.484. The van der Waals surface area contributed by atoms with Gasteiger partial charge in [-0.05, 0) is 24.3 Å². The van der Waals surface area contributed by atoms with Crippen molar-refractivity contribution >= 4 is 23.9 Å². The summed E-state index contributed by atoms with van der Waals surface area (Å²) >= 11 is 1.65. The van der Waals surface area contributed by atoms with Crippen LogP contribution in [0.3, 0.4) is 0 Å². The largest absolute Gasteiger partial charge is 0.496 e. The fourth-order valence-electron chi connectivity index (χ4n) is 1.78. The van der Waals surface area contributed by atoms with Gasteiger partial charge in [0.25, 0.3) is 0 Å². The molecule has 0 aliphatic carbocycles. The Hall–Kier alpha value is -2.27. The standard InChI is InChI=1S/C17H18N2O2S/c1-21-16-10-6-5-7-14(16)13-18-19-17(20)11-12-22-15-8-3-2-4-9-15/h2-10,13H,11-12H2,1H3,(H,19,20)/b18-13-. The van der Waals surface area contributed by atoms with Crippen LogP contribution in [0, 0.1) is 0 Å². The van der Waals surface area contributed by atoms with Crippen LogP contribution in [-0.2, 0) is 4.79 Å². The zero-order valence-electron chi connectivity index (χ0n) is 12.4. The summed E-state index contributed by atoms with van der Waals surface area (Å²) in [6.07, 6.45) is 2.00. The van der Waals surface area contributed by atoms with Gasteiger partial charge in [-0.1, -0.05) is 30.3 Å². The minimum Gasteiger partial charge on any atom is -0.496 e. The Morgan fingerprint density at radius 2 is 1.91 bits per heavy atom. The van der Waals surface area contributed by atoms with Crippen molar-refractivity contribution in [1.82, 2.24) is 5.43 Å². The second kappa shape index (κ2) is 8.89. The summed E-state index contributed by atoms with van der Waals surface area (Å²) in [4.78, 5) is 12.9. The lowest BCUT2D eigenvalue weighted by Crippen LogP contribution is -2.17. The molecule has 0 saturated carbocycles. The van der Waals surface area contributed by atoms with E-state index in [0.717, 1.165) is 22.0 Å². The number of carbonyl (C=O) groups excluding carboxylic acids is 1. The molecule has 0 fully saturated rings. The lowest BCUT2D eigenvalue weighted by atomic mass is 10.2. The van der Waals surface area contributed by atoms with Crippen LogP contribution in [0.25, 0.3) is 0 Å². The van der Waals surface area contributed by atoms with E-state index in [1.165, 1.54) is 0 Å². The Balaban J connectivity index is 1.74. The molecule has 0 aromatic heterocycles. The zero-order valence-corrected chi connectivity index (χ0v) is 13.2. The monoisotopic (exact) mass is 314 g/mol. The van der Waals surface area contributed by atoms with Crippen LogP contribution in [0.4, 0.5) is 0 Å². The number of nitrogens with zero attached hydrogens (tertiary/aromatic N) is 1. The average Bonchev–Trinajstić information content (AvgIpc) is 2.56. The van der Waals surface area contributed by atoms with Crippen LogP contribution in [0.15, 0.2) is 64.6 Å². The minimum absolute atomic E-state index is 0.102. The molecule has 0 aliphatic rings. The van der Waals surface area contributed by atoms with Crippen molar-refractivity contribution < 1.29 is 9.53 Å². The molecule has 2 aromatic rings. The number of hydrogen-bond acceptors (Lipinski definition) is 4. The van der Waals surface area contributed by atoms with Crippen molar-refractivity contribution in [3.05, 3.63) is 60.2 Å². The summed E-state index contributed by atoms with van der Waals surface area (Å²) in [5, 5.41) is 3.96. The third-order valence-electron chi connectivity index (χ3n) is 2.87. The van der Waals surface area contributed by atoms with Gasteiger partial charge in [0.05, 0.1) is 13.3 Å². The van der Waals surface area contributed by atoms with Crippen LogP contribution < -0.4 is 10.2 Å². The third kappa shape index (κ3) is 5.26. The number of rotatable bonds is 7. The number of hydrazone groups is 1. The van der Waals surface area contributed by atoms with Crippen LogP contribution in [0.5, 0.6) is 5.75 Å². The Morgan fingerprint density at radius 3 is 2.68 bits per heavy atom. The molecule has 1 amide bonds. The molecule has 0 bridgehead atoms. The molecule has 0 aliphatic heterocycles. The Morgan fingerprint density at radius 1 is 1.18 bits per heavy atom. The van der Waals surface area contributed by atoms with Crippen LogP contribution >= 0.6 is 11.8 Å². The molecule has 0 spiro atoms. The Bertz CT molecular complexity index is 630. The maximum absolute atomic E-state index is 11.7. The highest BCUT2D eigenvalue weighted by Crippen LogP contribution is 2.17. The minimum atomic E-state index is -0.102. The van der Waals surface area contributed by atoms with Crippen LogP contribution in [0.2, 0.25) is 0 Å². The second-order valence-electron chi connectivity index (χ2n) is 4.45. The number of carbonyl (C=O) groups is 1. The lowest BCUT2D eigenvalue weighted by molar-refractivity contribution is -0.120. The topological polar surface area (TPSA) is 50.7 Å². The first-order valence-corrected chi connectivity index (χ1v) is 7.91. The van der Waals surface area contributed by atoms with Crippen molar-refractivity contribution in [2.24, 2.45) is 5.10 Å². The number of hydrogen-bond donors (Lipinski definition) is 1. The van der Waals surface area contributed by atoms with E-state index in [1.54, 1.807) is 25.1 Å². The smallest absolute Gasteiger partial charge is 0.240 e. The van der Waals surface area contributed by atoms with Crippen molar-refractivity contribution in [3.63, 3.8) is 0 Å². The number of nitrogens with one attached hydrogen (secondary N) is 1. The molecule has 2 rings (SSSR count). The van der Waals surface area contributed by atoms with E-state index in [2.05, 4.69) is 10.5 Å². The molecule has 22 heavy (non-hydrogen) atoms. The molecule has 0 atom stereocenters. The van der Waals surface area contributed by atoms with Gasteiger partial charge in [-0.3, -0.25) is 4.79 Å². The summed E-state index contributed by atoms with van der Waals surface area (Å²) in [7, 11) is 1.60. The summed E-state index contributed by atoms with van der Waals surface area (Å²) in [6.45, 7) is 0. The van der Waals surface area contributed by atoms with Gasteiger partial charge in [0.15, 0.2) is 0 Å². The highest BCUT2D eigenvalue weighted by atomic mass is 32.2. The highest BCUT2D eigenvalue weighted by Gasteiger charge is 2.01. The predicted molar refractivity (Wildman–Crippen MR) is 90.5 cm³/mol. The molecule has 0 radical (unpaired) electrons. The lowest BCUT2D eigenvalue weighted by Gasteiger charge is -2.03. The van der Waals surface area contributed by atoms with E-state index in [9.17, 15) is 4.79 Å². The van der Waals surface area contributed by atoms with E-state index in [4.69, 9.17) is 4.74 Å². The predicted octanol–water partition coefficient (Wildman–Crippen LogP) is 3.33. The fraction of sp³-hybridized carbons (Fsp3) is 0.176. The molecular weight excluding hydrogens is 296 g/mol. The SMILES string of the molecule is COc1ccccc1/C=N\NC(=O)CCSc1ccccc1. The summed E-state index contributed by atoms with van der Waals surface area (Å²) in [5.74, 6) is 1.34. The van der Waals surface area contributed by atoms with Gasteiger partial charge in [0, 0.05) is 22.6 Å². The molecule has 114 valence electrons. The molecule has 0 heterocycles. The highest BCUT2D eigenvalue weighted by molar-refractivity contribution is 7.99. The van der Waals surface area contributed by atoms with Gasteiger partial charge in [-0.25, -0.2) is 5.43 Å². The maximum Gasteiger partial charge on any atom is 0.240 e. The number of amides is 1. The third-order valence-corrected chi connectivity index (χ3v) is 3.89. The molecule has 4 nitrogen and oxygen atoms in total. The van der Waals surface area contributed by atoms with E-state index in [-0.39, 0.29) is 5.91 Å². The number of benzene rings is 2. The Labute approximate surface area is 134 Å². The Kier molecular flexibility index (Phi) is 6.51. The van der Waals surface area contributed by atoms with Gasteiger partial charge in [0.1, 0.15) is 5.75 Å². The summed E-state index contributed by atoms with van der Waals surface area (Å²) in [5.41, 5.74) is 3.35. The van der Waals surface area contributed by atoms with E-state index >= 15 is 0 Å². The number of thioether (sulfide) groups is 1.